The summed E-state index contributed by atoms with van der Waals surface area (Å²) in [4.78, 5) is 23.5. The second-order valence-electron chi connectivity index (χ2n) is 3.71. The van der Waals surface area contributed by atoms with Crippen molar-refractivity contribution in [3.8, 4) is 0 Å². The number of likely N-dealkylation sites (N-methyl/N-ethyl adjacent to an activating group) is 1. The van der Waals surface area contributed by atoms with Gasteiger partial charge in [-0.15, -0.1) is 0 Å². The van der Waals surface area contributed by atoms with E-state index in [0.29, 0.717) is 6.54 Å². The minimum Gasteiger partial charge on any atom is -0.481 e. The highest BCUT2D eigenvalue weighted by molar-refractivity contribution is 5.78. The molecule has 0 rings (SSSR count). The fourth-order valence-corrected chi connectivity index (χ4v) is 1.11. The lowest BCUT2D eigenvalue weighted by atomic mass is 10.2. The van der Waals surface area contributed by atoms with Crippen LogP contribution in [0.15, 0.2) is 0 Å². The second kappa shape index (κ2) is 7.23. The summed E-state index contributed by atoms with van der Waals surface area (Å²) in [5.41, 5.74) is 0. The molecule has 0 radical (unpaired) electrons. The molecule has 0 aromatic rings. The Morgan fingerprint density at radius 2 is 2.07 bits per heavy atom. The van der Waals surface area contributed by atoms with Gasteiger partial charge in [-0.2, -0.15) is 0 Å². The molecule has 0 spiro atoms. The van der Waals surface area contributed by atoms with Crippen molar-refractivity contribution in [3.63, 3.8) is 0 Å². The van der Waals surface area contributed by atoms with Crippen LogP contribution in [0.5, 0.6) is 0 Å². The third-order valence-corrected chi connectivity index (χ3v) is 2.19. The first-order valence-corrected chi connectivity index (χ1v) is 5.16. The van der Waals surface area contributed by atoms with E-state index in [4.69, 9.17) is 5.11 Å². The summed E-state index contributed by atoms with van der Waals surface area (Å²) in [6.45, 7) is 4.69. The van der Waals surface area contributed by atoms with Gasteiger partial charge in [0, 0.05) is 12.6 Å². The first-order valence-electron chi connectivity index (χ1n) is 5.16. The monoisotopic (exact) mass is 216 g/mol. The zero-order valence-corrected chi connectivity index (χ0v) is 9.62. The molecule has 15 heavy (non-hydrogen) atoms. The van der Waals surface area contributed by atoms with E-state index in [2.05, 4.69) is 5.32 Å². The van der Waals surface area contributed by atoms with Crippen LogP contribution in [-0.2, 0) is 9.59 Å². The Hall–Kier alpha value is -1.10. The number of carboxylic acids is 1. The number of carboxylic acid groups (broad SMARTS) is 1. The van der Waals surface area contributed by atoms with E-state index in [0.717, 1.165) is 6.42 Å². The standard InChI is InChI=1S/C10H20N2O3/c1-4-5-11-9(13)7-12(3)8(2)6-10(14)15/h8H,4-7H2,1-3H3,(H,11,13)(H,14,15). The van der Waals surface area contributed by atoms with Crippen LogP contribution in [0.2, 0.25) is 0 Å². The third-order valence-electron chi connectivity index (χ3n) is 2.19. The van der Waals surface area contributed by atoms with E-state index in [-0.39, 0.29) is 24.9 Å². The Balaban J connectivity index is 3.84. The fourth-order valence-electron chi connectivity index (χ4n) is 1.11. The Morgan fingerprint density at radius 1 is 1.47 bits per heavy atom. The molecule has 1 unspecified atom stereocenters. The van der Waals surface area contributed by atoms with Gasteiger partial charge in [0.15, 0.2) is 0 Å². The van der Waals surface area contributed by atoms with Crippen LogP contribution in [0.4, 0.5) is 0 Å². The number of nitrogens with one attached hydrogen (secondary N) is 1. The van der Waals surface area contributed by atoms with Crippen molar-refractivity contribution in [2.24, 2.45) is 0 Å². The Labute approximate surface area is 90.5 Å². The zero-order valence-electron chi connectivity index (χ0n) is 9.62. The van der Waals surface area contributed by atoms with E-state index in [1.54, 1.807) is 18.9 Å². The molecule has 0 saturated carbocycles. The first kappa shape index (κ1) is 13.9. The van der Waals surface area contributed by atoms with Gasteiger partial charge in [0.25, 0.3) is 0 Å². The van der Waals surface area contributed by atoms with E-state index in [1.165, 1.54) is 0 Å². The number of aliphatic carboxylic acids is 1. The van der Waals surface area contributed by atoms with Crippen molar-refractivity contribution in [2.75, 3.05) is 20.1 Å². The Kier molecular flexibility index (Phi) is 6.70. The second-order valence-corrected chi connectivity index (χ2v) is 3.71. The molecule has 0 fully saturated rings. The highest BCUT2D eigenvalue weighted by atomic mass is 16.4. The number of amides is 1. The maximum Gasteiger partial charge on any atom is 0.304 e. The van der Waals surface area contributed by atoms with E-state index in [1.807, 2.05) is 6.92 Å². The van der Waals surface area contributed by atoms with Crippen molar-refractivity contribution in [3.05, 3.63) is 0 Å². The molecule has 0 bridgehead atoms. The molecule has 0 aromatic carbocycles. The van der Waals surface area contributed by atoms with Crippen LogP contribution >= 0.6 is 0 Å². The number of hydrogen-bond acceptors (Lipinski definition) is 3. The SMILES string of the molecule is CCCNC(=O)CN(C)C(C)CC(=O)O. The topological polar surface area (TPSA) is 69.6 Å². The molecule has 0 aliphatic carbocycles. The number of carbonyl (C=O) groups is 2. The summed E-state index contributed by atoms with van der Waals surface area (Å²) < 4.78 is 0. The molecule has 1 atom stereocenters. The molecule has 88 valence electrons. The molecule has 1 amide bonds. The highest BCUT2D eigenvalue weighted by Gasteiger charge is 2.15. The van der Waals surface area contributed by atoms with Gasteiger partial charge in [-0.3, -0.25) is 14.5 Å². The largest absolute Gasteiger partial charge is 0.481 e. The summed E-state index contributed by atoms with van der Waals surface area (Å²) in [5, 5.41) is 11.3. The molecular formula is C10H20N2O3. The normalized spacial score (nSPS) is 12.5. The van der Waals surface area contributed by atoms with Gasteiger partial charge in [0.1, 0.15) is 0 Å². The summed E-state index contributed by atoms with van der Waals surface area (Å²) in [5.74, 6) is -0.903. The number of nitrogens with zero attached hydrogens (tertiary/aromatic N) is 1. The molecule has 0 aliphatic rings. The van der Waals surface area contributed by atoms with E-state index in [9.17, 15) is 9.59 Å². The van der Waals surface area contributed by atoms with Crippen LogP contribution in [0.25, 0.3) is 0 Å². The van der Waals surface area contributed by atoms with Crippen molar-refractivity contribution in [2.45, 2.75) is 32.7 Å². The Bertz CT molecular complexity index is 219. The lowest BCUT2D eigenvalue weighted by Crippen LogP contribution is -2.40. The van der Waals surface area contributed by atoms with Crippen molar-refractivity contribution < 1.29 is 14.7 Å². The smallest absolute Gasteiger partial charge is 0.304 e. The summed E-state index contributed by atoms with van der Waals surface area (Å²) in [6, 6.07) is -0.130. The molecular weight excluding hydrogens is 196 g/mol. The maximum atomic E-state index is 11.3. The third kappa shape index (κ3) is 6.90. The molecule has 0 aromatic heterocycles. The van der Waals surface area contributed by atoms with Crippen LogP contribution in [-0.4, -0.2) is 48.1 Å². The van der Waals surface area contributed by atoms with Crippen molar-refractivity contribution in [1.82, 2.24) is 10.2 Å². The fraction of sp³-hybridized carbons (Fsp3) is 0.800. The van der Waals surface area contributed by atoms with Crippen LogP contribution < -0.4 is 5.32 Å². The molecule has 2 N–H and O–H groups in total. The minimum atomic E-state index is -0.844. The molecule has 0 saturated heterocycles. The quantitative estimate of drug-likeness (QED) is 0.642. The lowest BCUT2D eigenvalue weighted by molar-refractivity contribution is -0.138. The summed E-state index contributed by atoms with van der Waals surface area (Å²) >= 11 is 0. The van der Waals surface area contributed by atoms with E-state index < -0.39 is 5.97 Å². The van der Waals surface area contributed by atoms with Gasteiger partial charge in [0.05, 0.1) is 13.0 Å². The maximum absolute atomic E-state index is 11.3. The lowest BCUT2D eigenvalue weighted by Gasteiger charge is -2.22. The molecule has 5 heteroatoms. The highest BCUT2D eigenvalue weighted by Crippen LogP contribution is 2.00. The predicted molar refractivity (Wildman–Crippen MR) is 57.6 cm³/mol. The average Bonchev–Trinajstić information content (AvgIpc) is 2.13. The summed E-state index contributed by atoms with van der Waals surface area (Å²) in [7, 11) is 1.75. The summed E-state index contributed by atoms with van der Waals surface area (Å²) in [6.07, 6.45) is 0.956. The molecule has 0 heterocycles. The van der Waals surface area contributed by atoms with Gasteiger partial charge in [0.2, 0.25) is 5.91 Å². The Morgan fingerprint density at radius 3 is 2.53 bits per heavy atom. The van der Waals surface area contributed by atoms with Crippen molar-refractivity contribution >= 4 is 11.9 Å². The first-order chi connectivity index (χ1) is 6.97. The van der Waals surface area contributed by atoms with Crippen molar-refractivity contribution in [1.29, 1.82) is 0 Å². The van der Waals surface area contributed by atoms with Crippen LogP contribution in [0, 0.1) is 0 Å². The van der Waals surface area contributed by atoms with Gasteiger partial charge in [-0.05, 0) is 20.4 Å². The number of rotatable bonds is 7. The molecule has 5 nitrogen and oxygen atoms in total. The van der Waals surface area contributed by atoms with Crippen LogP contribution in [0.1, 0.15) is 26.7 Å². The van der Waals surface area contributed by atoms with Gasteiger partial charge in [-0.1, -0.05) is 6.92 Å². The number of hydrogen-bond donors (Lipinski definition) is 2. The van der Waals surface area contributed by atoms with E-state index >= 15 is 0 Å². The van der Waals surface area contributed by atoms with Gasteiger partial charge < -0.3 is 10.4 Å². The zero-order chi connectivity index (χ0) is 11.8. The minimum absolute atomic E-state index is 0.0531. The van der Waals surface area contributed by atoms with Gasteiger partial charge >= 0.3 is 5.97 Å². The molecule has 0 aliphatic heterocycles. The predicted octanol–water partition coefficient (Wildman–Crippen LogP) is 0.308. The number of carbonyl (C=O) groups excluding carboxylic acids is 1. The van der Waals surface area contributed by atoms with Crippen LogP contribution in [0.3, 0.4) is 0 Å². The van der Waals surface area contributed by atoms with Gasteiger partial charge in [-0.25, -0.2) is 0 Å². The average molecular weight is 216 g/mol.